The van der Waals surface area contributed by atoms with Gasteiger partial charge in [-0.05, 0) is 32.5 Å². The Bertz CT molecular complexity index is 102. The summed E-state index contributed by atoms with van der Waals surface area (Å²) in [6, 6.07) is 1.29. The number of hydrogen-bond acceptors (Lipinski definition) is 1. The van der Waals surface area contributed by atoms with Crippen molar-refractivity contribution in [2.45, 2.75) is 58.9 Å². The van der Waals surface area contributed by atoms with E-state index in [-0.39, 0.29) is 0 Å². The molecule has 0 N–H and O–H groups in total. The third-order valence-electron chi connectivity index (χ3n) is 1.95. The lowest BCUT2D eigenvalue weighted by atomic mass is 10.3. The van der Waals surface area contributed by atoms with E-state index < -0.39 is 8.32 Å². The van der Waals surface area contributed by atoms with Crippen LogP contribution in [-0.2, 0) is 4.43 Å². The summed E-state index contributed by atoms with van der Waals surface area (Å²) in [4.78, 5) is 0. The van der Waals surface area contributed by atoms with Crippen LogP contribution in [0.3, 0.4) is 0 Å². The first-order valence-corrected chi connectivity index (χ1v) is 7.81. The normalized spacial score (nSPS) is 15.0. The van der Waals surface area contributed by atoms with Crippen molar-refractivity contribution in [1.29, 1.82) is 0 Å². The van der Waals surface area contributed by atoms with Gasteiger partial charge in [0.2, 0.25) is 0 Å². The Morgan fingerprint density at radius 2 is 1.82 bits per heavy atom. The quantitative estimate of drug-likeness (QED) is 0.580. The molecule has 0 aliphatic rings. The van der Waals surface area contributed by atoms with Crippen LogP contribution in [0.5, 0.6) is 0 Å². The Balaban J connectivity index is 3.70. The van der Waals surface area contributed by atoms with Gasteiger partial charge in [-0.1, -0.05) is 20.3 Å². The minimum absolute atomic E-state index is 0.461. The predicted octanol–water partition coefficient (Wildman–Crippen LogP) is 3.42. The molecule has 0 rings (SSSR count). The SMILES string of the molecule is CCC[Si](C)(C)O[C@H](C)CC. The van der Waals surface area contributed by atoms with Crippen LogP contribution in [0, 0.1) is 0 Å². The molecular weight excluding hydrogens is 152 g/mol. The minimum Gasteiger partial charge on any atom is -0.415 e. The first-order chi connectivity index (χ1) is 5.02. The molecule has 0 saturated heterocycles. The van der Waals surface area contributed by atoms with Gasteiger partial charge < -0.3 is 4.43 Å². The molecule has 0 radical (unpaired) electrons. The van der Waals surface area contributed by atoms with Gasteiger partial charge in [-0.3, -0.25) is 0 Å². The lowest BCUT2D eigenvalue weighted by Gasteiger charge is -2.26. The maximum atomic E-state index is 5.97. The maximum Gasteiger partial charge on any atom is 0.187 e. The summed E-state index contributed by atoms with van der Waals surface area (Å²) in [5, 5.41) is 0. The first kappa shape index (κ1) is 11.2. The third kappa shape index (κ3) is 5.45. The second-order valence-corrected chi connectivity index (χ2v) is 8.10. The fourth-order valence-corrected chi connectivity index (χ4v) is 3.87. The van der Waals surface area contributed by atoms with Crippen LogP contribution < -0.4 is 0 Å². The average molecular weight is 174 g/mol. The summed E-state index contributed by atoms with van der Waals surface area (Å²) >= 11 is 0. The monoisotopic (exact) mass is 174 g/mol. The zero-order valence-corrected chi connectivity index (χ0v) is 9.61. The topological polar surface area (TPSA) is 9.23 Å². The largest absolute Gasteiger partial charge is 0.415 e. The van der Waals surface area contributed by atoms with Crippen molar-refractivity contribution in [3.8, 4) is 0 Å². The lowest BCUT2D eigenvalue weighted by Crippen LogP contribution is -2.33. The van der Waals surface area contributed by atoms with Gasteiger partial charge in [-0.25, -0.2) is 0 Å². The van der Waals surface area contributed by atoms with Crippen LogP contribution in [0.15, 0.2) is 0 Å². The van der Waals surface area contributed by atoms with Gasteiger partial charge in [-0.2, -0.15) is 0 Å². The molecule has 0 unspecified atom stereocenters. The van der Waals surface area contributed by atoms with Crippen LogP contribution in [0.2, 0.25) is 19.1 Å². The van der Waals surface area contributed by atoms with Gasteiger partial charge >= 0.3 is 0 Å². The molecule has 1 nitrogen and oxygen atoms in total. The molecule has 0 amide bonds. The Kier molecular flexibility index (Phi) is 5.02. The highest BCUT2D eigenvalue weighted by Gasteiger charge is 2.22. The van der Waals surface area contributed by atoms with Gasteiger partial charge in [0.15, 0.2) is 8.32 Å². The third-order valence-corrected chi connectivity index (χ3v) is 4.69. The molecule has 1 atom stereocenters. The summed E-state index contributed by atoms with van der Waals surface area (Å²) < 4.78 is 5.97. The summed E-state index contributed by atoms with van der Waals surface area (Å²) in [5.74, 6) is 0. The molecule has 2 heteroatoms. The lowest BCUT2D eigenvalue weighted by molar-refractivity contribution is 0.206. The Labute approximate surface area is 72.3 Å². The molecule has 0 fully saturated rings. The molecule has 0 heterocycles. The van der Waals surface area contributed by atoms with Gasteiger partial charge in [0.1, 0.15) is 0 Å². The van der Waals surface area contributed by atoms with E-state index in [4.69, 9.17) is 4.43 Å². The average Bonchev–Trinajstić information content (AvgIpc) is 1.86. The maximum absolute atomic E-state index is 5.97. The fourth-order valence-electron chi connectivity index (χ4n) is 1.29. The zero-order chi connectivity index (χ0) is 8.91. The van der Waals surface area contributed by atoms with Crippen molar-refractivity contribution < 1.29 is 4.43 Å². The summed E-state index contributed by atoms with van der Waals surface area (Å²) in [7, 11) is -1.29. The van der Waals surface area contributed by atoms with E-state index in [1.807, 2.05) is 0 Å². The van der Waals surface area contributed by atoms with Crippen LogP contribution in [0.1, 0.15) is 33.6 Å². The smallest absolute Gasteiger partial charge is 0.187 e. The van der Waals surface area contributed by atoms with E-state index in [1.165, 1.54) is 12.5 Å². The first-order valence-electron chi connectivity index (χ1n) is 4.69. The molecular formula is C9H22OSi. The highest BCUT2D eigenvalue weighted by atomic mass is 28.4. The fraction of sp³-hybridized carbons (Fsp3) is 1.00. The molecule has 0 aromatic heterocycles. The van der Waals surface area contributed by atoms with Crippen molar-refractivity contribution in [3.05, 3.63) is 0 Å². The zero-order valence-electron chi connectivity index (χ0n) is 8.61. The highest BCUT2D eigenvalue weighted by molar-refractivity contribution is 6.71. The molecule has 11 heavy (non-hydrogen) atoms. The van der Waals surface area contributed by atoms with E-state index >= 15 is 0 Å². The van der Waals surface area contributed by atoms with Crippen LogP contribution in [0.25, 0.3) is 0 Å². The van der Waals surface area contributed by atoms with Crippen molar-refractivity contribution in [1.82, 2.24) is 0 Å². The van der Waals surface area contributed by atoms with Crippen molar-refractivity contribution in [3.63, 3.8) is 0 Å². The molecule has 0 aliphatic heterocycles. The molecule has 0 bridgehead atoms. The van der Waals surface area contributed by atoms with Gasteiger partial charge in [0, 0.05) is 6.10 Å². The Morgan fingerprint density at radius 1 is 1.27 bits per heavy atom. The van der Waals surface area contributed by atoms with Gasteiger partial charge in [-0.15, -0.1) is 0 Å². The summed E-state index contributed by atoms with van der Waals surface area (Å²) in [6.45, 7) is 11.2. The standard InChI is InChI=1S/C9H22OSi/c1-6-8-11(4,5)10-9(3)7-2/h9H,6-8H2,1-5H3/t9-/m1/s1. The van der Waals surface area contributed by atoms with Gasteiger partial charge in [0.05, 0.1) is 0 Å². The number of hydrogen-bond donors (Lipinski definition) is 0. The second-order valence-electron chi connectivity index (χ2n) is 3.85. The van der Waals surface area contributed by atoms with E-state index in [1.54, 1.807) is 0 Å². The van der Waals surface area contributed by atoms with Gasteiger partial charge in [0.25, 0.3) is 0 Å². The molecule has 0 spiro atoms. The highest BCUT2D eigenvalue weighted by Crippen LogP contribution is 2.16. The van der Waals surface area contributed by atoms with Crippen LogP contribution >= 0.6 is 0 Å². The van der Waals surface area contributed by atoms with E-state index in [2.05, 4.69) is 33.9 Å². The summed E-state index contributed by atoms with van der Waals surface area (Å²) in [6.07, 6.45) is 2.86. The predicted molar refractivity (Wildman–Crippen MR) is 53.4 cm³/mol. The summed E-state index contributed by atoms with van der Waals surface area (Å²) in [5.41, 5.74) is 0. The second kappa shape index (κ2) is 4.94. The van der Waals surface area contributed by atoms with E-state index in [9.17, 15) is 0 Å². The Morgan fingerprint density at radius 3 is 2.18 bits per heavy atom. The minimum atomic E-state index is -1.29. The van der Waals surface area contributed by atoms with Crippen molar-refractivity contribution in [2.75, 3.05) is 0 Å². The van der Waals surface area contributed by atoms with E-state index in [0.29, 0.717) is 6.10 Å². The number of rotatable bonds is 5. The van der Waals surface area contributed by atoms with Crippen molar-refractivity contribution >= 4 is 8.32 Å². The molecule has 0 aromatic carbocycles. The Hall–Kier alpha value is 0.177. The van der Waals surface area contributed by atoms with Crippen LogP contribution in [0.4, 0.5) is 0 Å². The van der Waals surface area contributed by atoms with E-state index in [0.717, 1.165) is 6.42 Å². The molecule has 68 valence electrons. The van der Waals surface area contributed by atoms with Crippen LogP contribution in [-0.4, -0.2) is 14.4 Å². The molecule has 0 aliphatic carbocycles. The molecule has 0 aromatic rings. The molecule has 0 saturated carbocycles. The van der Waals surface area contributed by atoms with Crippen molar-refractivity contribution in [2.24, 2.45) is 0 Å².